The van der Waals surface area contributed by atoms with E-state index in [9.17, 15) is 9.00 Å². The topological polar surface area (TPSA) is 128 Å². The summed E-state index contributed by atoms with van der Waals surface area (Å²) in [6.45, 7) is 8.05. The molecule has 1 aromatic carbocycles. The zero-order valence-corrected chi connectivity index (χ0v) is 23.2. The highest BCUT2D eigenvalue weighted by Crippen LogP contribution is 2.39. The number of hydrogen-bond donors (Lipinski definition) is 3. The van der Waals surface area contributed by atoms with E-state index >= 15 is 0 Å². The van der Waals surface area contributed by atoms with Gasteiger partial charge in [0.1, 0.15) is 17.5 Å². The largest absolute Gasteiger partial charge is 0.494 e. The van der Waals surface area contributed by atoms with Crippen molar-refractivity contribution in [2.24, 2.45) is 0 Å². The minimum absolute atomic E-state index is 0.161. The predicted octanol–water partition coefficient (Wildman–Crippen LogP) is 1.91. The van der Waals surface area contributed by atoms with Gasteiger partial charge in [0, 0.05) is 67.5 Å². The zero-order valence-electron chi connectivity index (χ0n) is 22.4. The van der Waals surface area contributed by atoms with E-state index in [2.05, 4.69) is 54.9 Å². The number of H-pyrrole nitrogens is 1. The van der Waals surface area contributed by atoms with Crippen LogP contribution in [0.1, 0.15) is 0 Å². The van der Waals surface area contributed by atoms with Gasteiger partial charge in [-0.1, -0.05) is 6.58 Å². The van der Waals surface area contributed by atoms with Crippen molar-refractivity contribution in [1.82, 2.24) is 24.2 Å². The quantitative estimate of drug-likeness (QED) is 0.268. The van der Waals surface area contributed by atoms with Crippen molar-refractivity contribution in [2.75, 3.05) is 75.2 Å². The second-order valence-corrected chi connectivity index (χ2v) is 12.3. The van der Waals surface area contributed by atoms with Crippen molar-refractivity contribution in [1.29, 1.82) is 0 Å². The highest BCUT2D eigenvalue weighted by Gasteiger charge is 2.33. The molecule has 2 aliphatic rings. The number of benzene rings is 1. The van der Waals surface area contributed by atoms with E-state index in [-0.39, 0.29) is 12.0 Å². The number of likely N-dealkylation sites (N-methyl/N-ethyl adjacent to an activating group) is 1. The van der Waals surface area contributed by atoms with Gasteiger partial charge in [-0.25, -0.2) is 4.31 Å². The number of piperazine rings is 1. The molecule has 1 unspecified atom stereocenters. The molecule has 3 N–H and O–H groups in total. The van der Waals surface area contributed by atoms with Crippen LogP contribution >= 0.6 is 0 Å². The third-order valence-corrected chi connectivity index (χ3v) is 8.26. The van der Waals surface area contributed by atoms with Crippen molar-refractivity contribution in [3.8, 4) is 11.6 Å². The first-order chi connectivity index (χ1) is 18.6. The molecule has 2 aromatic heterocycles. The summed E-state index contributed by atoms with van der Waals surface area (Å²) in [6, 6.07) is 5.57. The van der Waals surface area contributed by atoms with Crippen molar-refractivity contribution in [2.45, 2.75) is 6.10 Å². The van der Waals surface area contributed by atoms with E-state index in [1.54, 1.807) is 23.9 Å². The lowest BCUT2D eigenvalue weighted by molar-refractivity contribution is -0.111. The fourth-order valence-electron chi connectivity index (χ4n) is 4.56. The van der Waals surface area contributed by atoms with E-state index in [1.165, 1.54) is 6.08 Å². The van der Waals surface area contributed by atoms with E-state index in [0.29, 0.717) is 47.7 Å². The third kappa shape index (κ3) is 5.79. The summed E-state index contributed by atoms with van der Waals surface area (Å²) >= 11 is 0. The van der Waals surface area contributed by atoms with Gasteiger partial charge in [0.2, 0.25) is 17.7 Å². The van der Waals surface area contributed by atoms with Gasteiger partial charge in [0.05, 0.1) is 29.6 Å². The zero-order chi connectivity index (χ0) is 27.7. The molecule has 5 rings (SSSR count). The molecular weight excluding hydrogens is 520 g/mol. The number of aromatic amines is 1. The van der Waals surface area contributed by atoms with Crippen LogP contribution in [0.4, 0.5) is 23.0 Å². The summed E-state index contributed by atoms with van der Waals surface area (Å²) in [5.41, 5.74) is 2.65. The van der Waals surface area contributed by atoms with Crippen LogP contribution in [0.5, 0.6) is 11.6 Å². The normalized spacial score (nSPS) is 18.3. The number of carbonyl (C=O) groups is 1. The molecule has 39 heavy (non-hydrogen) atoms. The van der Waals surface area contributed by atoms with Crippen molar-refractivity contribution in [3.05, 3.63) is 37.1 Å². The van der Waals surface area contributed by atoms with Crippen molar-refractivity contribution >= 4 is 55.5 Å². The van der Waals surface area contributed by atoms with E-state index in [1.807, 2.05) is 18.2 Å². The highest BCUT2D eigenvalue weighted by atomic mass is 32.2. The Hall–Kier alpha value is -3.81. The van der Waals surface area contributed by atoms with Gasteiger partial charge in [-0.3, -0.25) is 9.00 Å². The maximum absolute atomic E-state index is 12.3. The number of fused-ring (bicyclic) bond motifs is 1. The number of amides is 1. The summed E-state index contributed by atoms with van der Waals surface area (Å²) in [5, 5.41) is 6.91. The van der Waals surface area contributed by atoms with Crippen LogP contribution in [-0.2, 0) is 14.5 Å². The SMILES string of the molecule is C=CC(=O)Nc1cc(Nc2nc(OC3CN(S(=C)(C)=O)C3)c3cc[nH]c3n2)c(OC)cc1N1CCN(C)CC1. The number of nitrogens with one attached hydrogen (secondary N) is 3. The maximum atomic E-state index is 12.3. The van der Waals surface area contributed by atoms with E-state index in [0.717, 1.165) is 37.3 Å². The molecule has 2 saturated heterocycles. The number of nitrogens with zero attached hydrogens (tertiary/aromatic N) is 5. The molecule has 208 valence electrons. The minimum atomic E-state index is -2.26. The lowest BCUT2D eigenvalue weighted by Crippen LogP contribution is -2.55. The van der Waals surface area contributed by atoms with Crippen molar-refractivity contribution < 1.29 is 18.5 Å². The molecular formula is C26H34N8O4S. The first-order valence-corrected chi connectivity index (χ1v) is 14.7. The third-order valence-electron chi connectivity index (χ3n) is 6.87. The van der Waals surface area contributed by atoms with Crippen LogP contribution in [0.2, 0.25) is 0 Å². The Bertz CT molecular complexity index is 1490. The van der Waals surface area contributed by atoms with Crippen LogP contribution < -0.4 is 25.0 Å². The van der Waals surface area contributed by atoms with Crippen LogP contribution in [0.15, 0.2) is 37.1 Å². The Balaban J connectivity index is 1.45. The second kappa shape index (κ2) is 10.8. The molecule has 1 amide bonds. The number of anilines is 4. The predicted molar refractivity (Wildman–Crippen MR) is 156 cm³/mol. The summed E-state index contributed by atoms with van der Waals surface area (Å²) in [6.07, 6.45) is 4.47. The van der Waals surface area contributed by atoms with Gasteiger partial charge in [0.15, 0.2) is 0 Å². The standard InChI is InChI=1S/C26H34N8O4S/c1-6-23(35)28-19-13-20(22(37-3)14-21(19)33-11-9-32(2)10-12-33)29-26-30-24-18(7-8-27-24)25(31-26)38-17-15-34(16-17)39(4,5)36/h6-8,13-14,17H,1,4,9-12,15-16H2,2-3,5H3,(H,28,35)(H2,27,29,30,31). The van der Waals surface area contributed by atoms with E-state index in [4.69, 9.17) is 9.47 Å². The molecule has 0 radical (unpaired) electrons. The Labute approximate surface area is 228 Å². The van der Waals surface area contributed by atoms with Gasteiger partial charge >= 0.3 is 0 Å². The summed E-state index contributed by atoms with van der Waals surface area (Å²) in [7, 11) is 1.42. The van der Waals surface area contributed by atoms with Gasteiger partial charge in [-0.15, -0.1) is 0 Å². The van der Waals surface area contributed by atoms with Gasteiger partial charge < -0.3 is 34.9 Å². The lowest BCUT2D eigenvalue weighted by Gasteiger charge is -2.39. The first kappa shape index (κ1) is 26.8. The maximum Gasteiger partial charge on any atom is 0.247 e. The molecule has 0 bridgehead atoms. The smallest absolute Gasteiger partial charge is 0.247 e. The Kier molecular flexibility index (Phi) is 7.38. The van der Waals surface area contributed by atoms with Gasteiger partial charge in [-0.2, -0.15) is 9.97 Å². The van der Waals surface area contributed by atoms with Crippen molar-refractivity contribution in [3.63, 3.8) is 0 Å². The number of ether oxygens (including phenoxy) is 2. The fourth-order valence-corrected chi connectivity index (χ4v) is 5.52. The molecule has 4 heterocycles. The number of aromatic nitrogens is 3. The highest BCUT2D eigenvalue weighted by molar-refractivity contribution is 7.97. The number of hydrogen-bond acceptors (Lipinski definition) is 9. The summed E-state index contributed by atoms with van der Waals surface area (Å²) in [4.78, 5) is 29.1. The minimum Gasteiger partial charge on any atom is -0.494 e. The number of methoxy groups -OCH3 is 1. The molecule has 3 aromatic rings. The lowest BCUT2D eigenvalue weighted by atomic mass is 10.1. The van der Waals surface area contributed by atoms with Crippen LogP contribution in [0, 0.1) is 0 Å². The van der Waals surface area contributed by atoms with Crippen LogP contribution in [0.25, 0.3) is 11.0 Å². The Morgan fingerprint density at radius 1 is 1.21 bits per heavy atom. The summed E-state index contributed by atoms with van der Waals surface area (Å²) in [5.74, 6) is 4.69. The molecule has 2 fully saturated rings. The molecule has 2 aliphatic heterocycles. The fraction of sp³-hybridized carbons (Fsp3) is 0.385. The molecule has 12 nitrogen and oxygen atoms in total. The van der Waals surface area contributed by atoms with E-state index < -0.39 is 9.71 Å². The Morgan fingerprint density at radius 2 is 1.95 bits per heavy atom. The second-order valence-electron chi connectivity index (χ2n) is 9.82. The number of rotatable bonds is 9. The Morgan fingerprint density at radius 3 is 2.62 bits per heavy atom. The average Bonchev–Trinajstić information content (AvgIpc) is 3.35. The average molecular weight is 555 g/mol. The summed E-state index contributed by atoms with van der Waals surface area (Å²) < 4.78 is 25.9. The molecule has 0 saturated carbocycles. The monoisotopic (exact) mass is 554 g/mol. The molecule has 13 heteroatoms. The number of carbonyl (C=O) groups excluding carboxylic acids is 1. The van der Waals surface area contributed by atoms with Crippen LogP contribution in [-0.4, -0.2) is 106 Å². The molecule has 1 atom stereocenters. The van der Waals surface area contributed by atoms with Gasteiger partial charge in [0.25, 0.3) is 0 Å². The first-order valence-electron chi connectivity index (χ1n) is 12.6. The van der Waals surface area contributed by atoms with Gasteiger partial charge in [-0.05, 0) is 31.1 Å². The molecule has 0 spiro atoms. The molecule has 0 aliphatic carbocycles. The van der Waals surface area contributed by atoms with Crippen LogP contribution in [0.3, 0.4) is 0 Å².